The van der Waals surface area contributed by atoms with Crippen LogP contribution >= 0.6 is 0 Å². The van der Waals surface area contributed by atoms with Gasteiger partial charge in [-0.2, -0.15) is 4.39 Å². The van der Waals surface area contributed by atoms with E-state index in [1.165, 1.54) is 18.2 Å². The van der Waals surface area contributed by atoms with E-state index in [0.29, 0.717) is 22.7 Å². The largest absolute Gasteiger partial charge is 0.454 e. The number of fused-ring (bicyclic) bond motifs is 1. The zero-order chi connectivity index (χ0) is 28.4. The fraction of sp³-hybridized carbons (Fsp3) is 0.0606. The Labute approximate surface area is 230 Å². The Balaban J connectivity index is 1.41. The number of aryl methyl sites for hydroxylation is 2. The van der Waals surface area contributed by atoms with Crippen LogP contribution < -0.4 is 15.8 Å². The summed E-state index contributed by atoms with van der Waals surface area (Å²) in [7, 11) is 0. The number of nitrogens with one attached hydrogen (secondary N) is 2. The highest BCUT2D eigenvalue weighted by Crippen LogP contribution is 2.32. The van der Waals surface area contributed by atoms with Gasteiger partial charge in [0.1, 0.15) is 11.6 Å². The third-order valence-corrected chi connectivity index (χ3v) is 6.59. The minimum Gasteiger partial charge on any atom is -0.454 e. The Morgan fingerprint density at radius 3 is 2.50 bits per heavy atom. The molecule has 0 aliphatic heterocycles. The molecule has 0 unspecified atom stereocenters. The zero-order valence-electron chi connectivity index (χ0n) is 22.0. The highest BCUT2D eigenvalue weighted by atomic mass is 19.2. The number of aromatic amines is 1. The van der Waals surface area contributed by atoms with Gasteiger partial charge in [-0.25, -0.2) is 4.39 Å². The van der Waals surface area contributed by atoms with Gasteiger partial charge in [-0.05, 0) is 73.0 Å². The molecule has 40 heavy (non-hydrogen) atoms. The van der Waals surface area contributed by atoms with Gasteiger partial charge >= 0.3 is 0 Å². The molecule has 0 radical (unpaired) electrons. The van der Waals surface area contributed by atoms with E-state index >= 15 is 0 Å². The van der Waals surface area contributed by atoms with Crippen molar-refractivity contribution in [3.8, 4) is 22.6 Å². The predicted molar refractivity (Wildman–Crippen MR) is 155 cm³/mol. The molecule has 0 fully saturated rings. The first-order valence-electron chi connectivity index (χ1n) is 12.6. The van der Waals surface area contributed by atoms with E-state index in [4.69, 9.17) is 10.5 Å². The second-order valence-corrected chi connectivity index (χ2v) is 9.44. The van der Waals surface area contributed by atoms with Crippen LogP contribution in [0.2, 0.25) is 0 Å². The maximum absolute atomic E-state index is 14.0. The van der Waals surface area contributed by atoms with Crippen molar-refractivity contribution in [2.75, 3.05) is 5.32 Å². The molecule has 0 atom stereocenters. The van der Waals surface area contributed by atoms with Crippen LogP contribution in [0.4, 0.5) is 14.5 Å². The van der Waals surface area contributed by atoms with E-state index in [9.17, 15) is 13.6 Å². The smallest absolute Gasteiger partial charge is 0.212 e. The van der Waals surface area contributed by atoms with Gasteiger partial charge in [0.2, 0.25) is 11.6 Å². The van der Waals surface area contributed by atoms with E-state index in [0.717, 1.165) is 33.7 Å². The Morgan fingerprint density at radius 1 is 0.975 bits per heavy atom. The third-order valence-electron chi connectivity index (χ3n) is 6.59. The summed E-state index contributed by atoms with van der Waals surface area (Å²) < 4.78 is 33.0. The molecule has 0 amide bonds. The van der Waals surface area contributed by atoms with Crippen molar-refractivity contribution in [1.82, 2.24) is 4.98 Å². The molecule has 1 aromatic heterocycles. The molecule has 5 rings (SSSR count). The minimum atomic E-state index is -1.06. The molecule has 0 bridgehead atoms. The average Bonchev–Trinajstić information content (AvgIpc) is 3.38. The maximum atomic E-state index is 14.0. The second kappa shape index (κ2) is 10.9. The molecule has 0 aliphatic rings. The van der Waals surface area contributed by atoms with E-state index in [-0.39, 0.29) is 22.9 Å². The number of ketones is 1. The molecule has 0 aliphatic carbocycles. The maximum Gasteiger partial charge on any atom is 0.212 e. The lowest BCUT2D eigenvalue weighted by Gasteiger charge is -2.14. The average molecular weight is 536 g/mol. The second-order valence-electron chi connectivity index (χ2n) is 9.44. The number of Topliss-reactive ketones (excluding diaryl/α,β-unsaturated/α-hetero) is 1. The van der Waals surface area contributed by atoms with Crippen LogP contribution in [0.15, 0.2) is 109 Å². The van der Waals surface area contributed by atoms with Crippen LogP contribution in [-0.4, -0.2) is 10.8 Å². The van der Waals surface area contributed by atoms with Crippen molar-refractivity contribution in [2.45, 2.75) is 13.8 Å². The first kappa shape index (κ1) is 26.4. The van der Waals surface area contributed by atoms with Gasteiger partial charge in [-0.15, -0.1) is 0 Å². The number of halogens is 2. The Morgan fingerprint density at radius 2 is 1.75 bits per heavy atom. The summed E-state index contributed by atoms with van der Waals surface area (Å²) >= 11 is 0. The fourth-order valence-corrected chi connectivity index (χ4v) is 4.55. The summed E-state index contributed by atoms with van der Waals surface area (Å²) in [4.78, 5) is 16.7. The molecule has 5 nitrogen and oxygen atoms in total. The molecule has 4 N–H and O–H groups in total. The number of hydrogen-bond donors (Lipinski definition) is 3. The van der Waals surface area contributed by atoms with E-state index < -0.39 is 11.6 Å². The molecular weight excluding hydrogens is 508 g/mol. The number of hydrogen-bond acceptors (Lipinski definition) is 4. The molecular formula is C33H27F2N3O2. The van der Waals surface area contributed by atoms with Crippen LogP contribution in [0.3, 0.4) is 0 Å². The van der Waals surface area contributed by atoms with Crippen molar-refractivity contribution in [3.63, 3.8) is 0 Å². The number of rotatable bonds is 8. The van der Waals surface area contributed by atoms with Gasteiger partial charge in [-0.1, -0.05) is 60.7 Å². The van der Waals surface area contributed by atoms with Gasteiger partial charge in [-0.3, -0.25) is 4.79 Å². The number of nitrogens with two attached hydrogens (primary N) is 1. The van der Waals surface area contributed by atoms with Crippen LogP contribution in [0.5, 0.6) is 11.5 Å². The molecule has 7 heteroatoms. The lowest BCUT2D eigenvalue weighted by Crippen LogP contribution is -2.17. The number of benzene rings is 4. The van der Waals surface area contributed by atoms with E-state index in [2.05, 4.69) is 22.9 Å². The number of carbonyl (C=O) groups excluding carboxylic acids is 1. The number of ether oxygens (including phenoxy) is 1. The summed E-state index contributed by atoms with van der Waals surface area (Å²) in [6.45, 7) is 7.64. The summed E-state index contributed by atoms with van der Waals surface area (Å²) in [6, 6.07) is 24.6. The quantitative estimate of drug-likeness (QED) is 0.106. The SMILES string of the molecule is C=C/C(C(=O)c1cc2c(-c3cccc(C)c3)cccc2[nH]1)=C(/N)Nc1ccc(Oc2cccc(F)c2F)cc1C. The van der Waals surface area contributed by atoms with Crippen molar-refractivity contribution >= 4 is 22.4 Å². The van der Waals surface area contributed by atoms with Crippen LogP contribution in [0, 0.1) is 25.5 Å². The van der Waals surface area contributed by atoms with Gasteiger partial charge in [0, 0.05) is 16.6 Å². The van der Waals surface area contributed by atoms with Gasteiger partial charge in [0.25, 0.3) is 0 Å². The Hall–Kier alpha value is -5.17. The van der Waals surface area contributed by atoms with Crippen molar-refractivity contribution in [1.29, 1.82) is 0 Å². The van der Waals surface area contributed by atoms with Crippen molar-refractivity contribution in [3.05, 3.63) is 137 Å². The number of allylic oxidation sites excluding steroid dienone is 2. The lowest BCUT2D eigenvalue weighted by molar-refractivity contribution is 0.103. The lowest BCUT2D eigenvalue weighted by atomic mass is 9.99. The minimum absolute atomic E-state index is 0.116. The number of H-pyrrole nitrogens is 1. The molecule has 0 saturated carbocycles. The van der Waals surface area contributed by atoms with Gasteiger partial charge < -0.3 is 20.8 Å². The summed E-state index contributed by atoms with van der Waals surface area (Å²) in [6.07, 6.45) is 1.41. The molecule has 5 aromatic rings. The monoisotopic (exact) mass is 535 g/mol. The zero-order valence-corrected chi connectivity index (χ0v) is 22.0. The van der Waals surface area contributed by atoms with Gasteiger partial charge in [0.05, 0.1) is 11.3 Å². The van der Waals surface area contributed by atoms with E-state index in [1.54, 1.807) is 25.1 Å². The first-order valence-corrected chi connectivity index (χ1v) is 12.6. The highest BCUT2D eigenvalue weighted by Gasteiger charge is 2.18. The summed E-state index contributed by atoms with van der Waals surface area (Å²) in [5, 5.41) is 3.99. The molecule has 0 spiro atoms. The molecule has 0 saturated heterocycles. The summed E-state index contributed by atoms with van der Waals surface area (Å²) in [5.41, 5.74) is 12.3. The fourth-order valence-electron chi connectivity index (χ4n) is 4.55. The van der Waals surface area contributed by atoms with Crippen LogP contribution in [0.1, 0.15) is 21.6 Å². The normalized spacial score (nSPS) is 11.7. The number of anilines is 1. The number of carbonyl (C=O) groups is 1. The van der Waals surface area contributed by atoms with Crippen LogP contribution in [0.25, 0.3) is 22.0 Å². The topological polar surface area (TPSA) is 80.1 Å². The van der Waals surface area contributed by atoms with Crippen molar-refractivity contribution in [2.24, 2.45) is 5.73 Å². The Kier molecular flexibility index (Phi) is 7.21. The molecule has 4 aromatic carbocycles. The summed E-state index contributed by atoms with van der Waals surface area (Å²) in [5.74, 6) is -2.16. The highest BCUT2D eigenvalue weighted by molar-refractivity contribution is 6.13. The third kappa shape index (κ3) is 5.22. The van der Waals surface area contributed by atoms with E-state index in [1.807, 2.05) is 49.4 Å². The van der Waals surface area contributed by atoms with Gasteiger partial charge in [0.15, 0.2) is 11.6 Å². The standard InChI is InChI=1S/C33H27F2N3O2/c1-4-23(32(39)29-18-25-24(10-6-12-28(25)37-29)21-9-5-8-19(2)16-21)33(36)38-27-15-14-22(17-20(27)3)40-30-13-7-11-26(34)31(30)35/h4-18,37-38H,1,36H2,2-3H3/b33-23+. The number of aromatic nitrogens is 1. The van der Waals surface area contributed by atoms with Crippen LogP contribution in [-0.2, 0) is 0 Å². The Bertz CT molecular complexity index is 1800. The van der Waals surface area contributed by atoms with Crippen molar-refractivity contribution < 1.29 is 18.3 Å². The predicted octanol–water partition coefficient (Wildman–Crippen LogP) is 8.17. The first-order chi connectivity index (χ1) is 19.2. The molecule has 1 heterocycles. The molecule has 200 valence electrons.